The van der Waals surface area contributed by atoms with E-state index in [2.05, 4.69) is 0 Å². The van der Waals surface area contributed by atoms with Crippen molar-refractivity contribution in [3.8, 4) is 0 Å². The first kappa shape index (κ1) is 21.0. The second kappa shape index (κ2) is 7.52. The Hall–Kier alpha value is 4.01. The number of hydrogen-bond donors (Lipinski definition) is 2. The van der Waals surface area contributed by atoms with Gasteiger partial charge in [-0.3, -0.25) is 0 Å². The van der Waals surface area contributed by atoms with Gasteiger partial charge < -0.3 is 10.2 Å². The maximum atomic E-state index is 11.5. The highest BCUT2D eigenvalue weighted by Crippen LogP contribution is 2.61. The molecule has 0 saturated heterocycles. The van der Waals surface area contributed by atoms with Crippen LogP contribution in [0.5, 0.6) is 0 Å². The molecule has 0 bridgehead atoms. The number of carbonyl (C=O) groups is 2. The first-order chi connectivity index (χ1) is 7.33. The predicted molar refractivity (Wildman–Crippen MR) is 123 cm³/mol. The van der Waals surface area contributed by atoms with Crippen molar-refractivity contribution in [2.75, 3.05) is 0 Å². The van der Waals surface area contributed by atoms with E-state index < -0.39 is 18.3 Å². The van der Waals surface area contributed by atoms with E-state index in [0.717, 1.165) is 0 Å². The largest absolute Gasteiger partial charge is 0.480 e. The zero-order chi connectivity index (χ0) is 14.2. The maximum Gasteiger partial charge on any atom is 0.338 e. The van der Waals surface area contributed by atoms with Crippen molar-refractivity contribution < 1.29 is 19.8 Å². The molecule has 0 aromatic heterocycles. The Bertz CT molecular complexity index is 345. The molecule has 0 aliphatic carbocycles. The van der Waals surface area contributed by atoms with Gasteiger partial charge >= 0.3 is 11.9 Å². The summed E-state index contributed by atoms with van der Waals surface area (Å²) in [5.74, 6) is -2.14. The van der Waals surface area contributed by atoms with Crippen LogP contribution in [-0.2, 0) is 9.59 Å². The fourth-order valence-corrected chi connectivity index (χ4v) is 7.26. The Balaban J connectivity index is 5.87. The van der Waals surface area contributed by atoms with Gasteiger partial charge in [0, 0.05) is 45.7 Å². The number of carboxylic acids is 2. The van der Waals surface area contributed by atoms with Crippen LogP contribution in [0, 0.1) is 0 Å². The highest BCUT2D eigenvalue weighted by atomic mass is 127. The summed E-state index contributed by atoms with van der Waals surface area (Å²) in [4.78, 5) is 22.8. The van der Waals surface area contributed by atoms with Gasteiger partial charge in [0.15, 0.2) is 1.43 Å². The summed E-state index contributed by atoms with van der Waals surface area (Å²) in [5.41, 5.74) is 0. The molecule has 1 atom stereocenters. The maximum absolute atomic E-state index is 11.5. The second-order valence-corrected chi connectivity index (χ2v) is 18.6. The molecule has 0 saturated carbocycles. The number of aliphatic carboxylic acids is 2. The van der Waals surface area contributed by atoms with Crippen LogP contribution >= 0.6 is 159 Å². The summed E-state index contributed by atoms with van der Waals surface area (Å²) < 4.78 is -2.25. The molecule has 0 aromatic rings. The van der Waals surface area contributed by atoms with Gasteiger partial charge in [-0.15, -0.1) is 0 Å². The van der Waals surface area contributed by atoms with E-state index in [4.69, 9.17) is 0 Å². The average Bonchev–Trinajstić information content (AvgIpc) is 2.14. The van der Waals surface area contributed by atoms with Gasteiger partial charge in [-0.25, -0.2) is 9.59 Å². The molecule has 2 N–H and O–H groups in total. The molecule has 100 valence electrons. The van der Waals surface area contributed by atoms with Crippen LogP contribution in [0.25, 0.3) is 0 Å². The van der Waals surface area contributed by atoms with Gasteiger partial charge in [-0.2, -0.15) is 1.33 Å². The van der Waals surface area contributed by atoms with Gasteiger partial charge in [0.05, 0.1) is 0 Å². The molecule has 0 amide bonds. The lowest BCUT2D eigenvalue weighted by atomic mass is 10.1. The summed E-state index contributed by atoms with van der Waals surface area (Å²) in [7, 11) is 0. The van der Waals surface area contributed by atoms with E-state index in [9.17, 15) is 19.8 Å². The standard InChI is InChI=1S/C5H2I7NO4/c6-3(7,1(14)15)5(9,10)4(8,2(16)17)13(11)12/h(H,14,15)(H,16,17)/t4-/m1/s1. The van der Waals surface area contributed by atoms with E-state index in [0.29, 0.717) is 0 Å². The van der Waals surface area contributed by atoms with E-state index >= 15 is 0 Å². The monoisotopic (exact) mass is 1030 g/mol. The summed E-state index contributed by atoms with van der Waals surface area (Å²) >= 11 is 12.8. The zero-order valence-corrected chi connectivity index (χ0v) is 22.4. The normalized spacial score (nSPS) is 16.7. The average molecular weight is 1030 g/mol. The molecular weight excluding hydrogens is 1030 g/mol. The Morgan fingerprint density at radius 2 is 1.24 bits per heavy atom. The fraction of sp³-hybridized carbons (Fsp3) is 0.600. The van der Waals surface area contributed by atoms with E-state index in [1.165, 1.54) is 1.33 Å². The topological polar surface area (TPSA) is 77.8 Å². The van der Waals surface area contributed by atoms with Crippen molar-refractivity contribution in [3.63, 3.8) is 0 Å². The lowest BCUT2D eigenvalue weighted by Gasteiger charge is -2.43. The smallest absolute Gasteiger partial charge is 0.338 e. The van der Waals surface area contributed by atoms with Crippen LogP contribution in [0.4, 0.5) is 0 Å². The van der Waals surface area contributed by atoms with Crippen molar-refractivity contribution in [3.05, 3.63) is 0 Å². The van der Waals surface area contributed by atoms with Gasteiger partial charge in [0.1, 0.15) is 1.43 Å². The van der Waals surface area contributed by atoms with Gasteiger partial charge in [-0.05, 0) is 22.6 Å². The van der Waals surface area contributed by atoms with Crippen LogP contribution in [0.1, 0.15) is 0 Å². The SMILES string of the molecule is O=C(O)C(I)(I)C(I)(I)[C@@](I)(C(=O)O)N(I)I. The summed E-state index contributed by atoms with van der Waals surface area (Å²) in [5, 5.41) is 18.7. The quantitative estimate of drug-likeness (QED) is 0.185. The van der Waals surface area contributed by atoms with Gasteiger partial charge in [-0.1, -0.05) is 90.4 Å². The highest BCUT2D eigenvalue weighted by molar-refractivity contribution is 14.2. The fourth-order valence-electron chi connectivity index (χ4n) is 0.655. The molecule has 0 aromatic carbocycles. The van der Waals surface area contributed by atoms with Crippen molar-refractivity contribution in [1.29, 1.82) is 0 Å². The molecule has 17 heavy (non-hydrogen) atoms. The molecule has 0 heterocycles. The van der Waals surface area contributed by atoms with Crippen molar-refractivity contribution >= 4 is 171 Å². The third kappa shape index (κ3) is 4.05. The first-order valence-electron chi connectivity index (χ1n) is 3.36. The molecular formula is C5H2I7NO4. The minimum Gasteiger partial charge on any atom is -0.480 e. The first-order valence-corrected chi connectivity index (χ1v) is 10.7. The van der Waals surface area contributed by atoms with Gasteiger partial charge in [0.25, 0.3) is 0 Å². The zero-order valence-electron chi connectivity index (χ0n) is 7.30. The number of hydrogen-bond acceptors (Lipinski definition) is 3. The van der Waals surface area contributed by atoms with E-state index in [1.54, 1.807) is 67.8 Å². The number of alkyl halides is 5. The van der Waals surface area contributed by atoms with Crippen molar-refractivity contribution in [1.82, 2.24) is 1.33 Å². The lowest BCUT2D eigenvalue weighted by molar-refractivity contribution is -0.141. The second-order valence-electron chi connectivity index (χ2n) is 2.61. The van der Waals surface area contributed by atoms with Gasteiger partial charge in [0.2, 0.25) is 3.55 Å². The van der Waals surface area contributed by atoms with Crippen LogP contribution in [0.3, 0.4) is 0 Å². The Morgan fingerprint density at radius 3 is 1.41 bits per heavy atom. The van der Waals surface area contributed by atoms with Crippen LogP contribution < -0.4 is 0 Å². The third-order valence-corrected chi connectivity index (χ3v) is 18.6. The number of nitrogens with zero attached hydrogens (tertiary/aromatic N) is 1. The minimum absolute atomic E-state index is 1.06. The molecule has 0 aliphatic rings. The molecule has 0 fully saturated rings. The Morgan fingerprint density at radius 1 is 0.882 bits per heavy atom. The molecule has 0 spiro atoms. The van der Waals surface area contributed by atoms with Crippen LogP contribution in [-0.4, -0.2) is 29.9 Å². The van der Waals surface area contributed by atoms with Crippen LogP contribution in [0.2, 0.25) is 0 Å². The summed E-state index contributed by atoms with van der Waals surface area (Å²) in [6.07, 6.45) is 0. The van der Waals surface area contributed by atoms with Crippen LogP contribution in [0.15, 0.2) is 0 Å². The van der Waals surface area contributed by atoms with Crippen molar-refractivity contribution in [2.45, 2.75) is 6.40 Å². The highest BCUT2D eigenvalue weighted by Gasteiger charge is 2.67. The van der Waals surface area contributed by atoms with Crippen molar-refractivity contribution in [2.24, 2.45) is 0 Å². The predicted octanol–water partition coefficient (Wildman–Crippen LogP) is 4.42. The molecule has 0 rings (SSSR count). The molecule has 0 radical (unpaired) electrons. The van der Waals surface area contributed by atoms with E-state index in [1.807, 2.05) is 90.9 Å². The minimum atomic E-state index is -1.37. The number of carboxylic acid groups (broad SMARTS) is 2. The molecule has 12 heteroatoms. The Kier molecular flexibility index (Phi) is 9.29. The summed E-state index contributed by atoms with van der Waals surface area (Å²) in [6, 6.07) is 0. The molecule has 5 nitrogen and oxygen atoms in total. The number of halogens is 7. The molecule has 0 aliphatic heterocycles. The number of rotatable bonds is 5. The third-order valence-electron chi connectivity index (χ3n) is 1.60. The lowest BCUT2D eigenvalue weighted by Crippen LogP contribution is -2.61. The molecule has 0 unspecified atom stereocenters. The Labute approximate surface area is 193 Å². The summed E-state index contributed by atoms with van der Waals surface area (Å²) in [6.45, 7) is 0. The van der Waals surface area contributed by atoms with E-state index in [-0.39, 0.29) is 0 Å².